The average molecular weight is 463 g/mol. The van der Waals surface area contributed by atoms with E-state index < -0.39 is 0 Å². The van der Waals surface area contributed by atoms with E-state index in [-0.39, 0.29) is 23.8 Å². The Hall–Kier alpha value is -3.50. The lowest BCUT2D eigenvalue weighted by molar-refractivity contribution is -0.110. The fourth-order valence-corrected chi connectivity index (χ4v) is 5.94. The Kier molecular flexibility index (Phi) is 4.21. The molecule has 160 valence electrons. The number of thiazole rings is 1. The number of nitrogens with zero attached hydrogens (tertiary/aromatic N) is 4. The molecule has 0 saturated carbocycles. The van der Waals surface area contributed by atoms with Gasteiger partial charge in [-0.25, -0.2) is 4.99 Å². The van der Waals surface area contributed by atoms with Gasteiger partial charge in [-0.3, -0.25) is 19.9 Å². The van der Waals surface area contributed by atoms with Gasteiger partial charge in [0.25, 0.3) is 11.5 Å². The fourth-order valence-electron chi connectivity index (χ4n) is 4.43. The second kappa shape index (κ2) is 7.01. The topological polar surface area (TPSA) is 82.0 Å². The molecule has 1 fully saturated rings. The van der Waals surface area contributed by atoms with Crippen LogP contribution in [0.3, 0.4) is 0 Å². The van der Waals surface area contributed by atoms with Crippen LogP contribution in [-0.2, 0) is 4.79 Å². The number of likely N-dealkylation sites (N-methyl/N-ethyl adjacent to an activating group) is 1. The van der Waals surface area contributed by atoms with Crippen molar-refractivity contribution in [3.63, 3.8) is 0 Å². The third kappa shape index (κ3) is 2.59. The number of thiocarbonyl (C=S) groups is 1. The van der Waals surface area contributed by atoms with Crippen LogP contribution in [0.5, 0.6) is 0 Å². The highest BCUT2D eigenvalue weighted by Gasteiger charge is 2.46. The van der Waals surface area contributed by atoms with Crippen molar-refractivity contribution in [1.29, 1.82) is 0 Å². The summed E-state index contributed by atoms with van der Waals surface area (Å²) >= 11 is 6.98. The summed E-state index contributed by atoms with van der Waals surface area (Å²) in [5.41, 5.74) is 5.81. The summed E-state index contributed by atoms with van der Waals surface area (Å²) in [7, 11) is 0. The van der Waals surface area contributed by atoms with Gasteiger partial charge in [-0.1, -0.05) is 47.7 Å². The van der Waals surface area contributed by atoms with Gasteiger partial charge in [-0.05, 0) is 37.3 Å². The van der Waals surface area contributed by atoms with Gasteiger partial charge in [0.2, 0.25) is 4.80 Å². The Morgan fingerprint density at radius 3 is 2.62 bits per heavy atom. The van der Waals surface area contributed by atoms with Gasteiger partial charge in [-0.2, -0.15) is 4.68 Å². The van der Waals surface area contributed by atoms with Gasteiger partial charge in [-0.15, -0.1) is 0 Å². The molecule has 3 aliphatic heterocycles. The molecule has 0 spiro atoms. The SMILES string of the molecule is CCN1C(=S)N(c2ccccc2)C2N=c3s/c(=C4\C(=O)Nc5ccccc54)c(=O)n3NC21. The first kappa shape index (κ1) is 19.2. The predicted octanol–water partition coefficient (Wildman–Crippen LogP) is 1.02. The molecule has 1 saturated heterocycles. The van der Waals surface area contributed by atoms with Crippen molar-refractivity contribution in [2.75, 3.05) is 22.2 Å². The summed E-state index contributed by atoms with van der Waals surface area (Å²) in [6.07, 6.45) is -0.625. The van der Waals surface area contributed by atoms with E-state index in [1.807, 2.05) is 71.3 Å². The molecular formula is C22H18N6O2S2. The van der Waals surface area contributed by atoms with E-state index in [0.717, 1.165) is 11.3 Å². The molecule has 2 N–H and O–H groups in total. The first-order valence-electron chi connectivity index (χ1n) is 10.2. The Morgan fingerprint density at radius 2 is 1.84 bits per heavy atom. The number of benzene rings is 2. The summed E-state index contributed by atoms with van der Waals surface area (Å²) in [6.45, 7) is 2.69. The second-order valence-corrected chi connectivity index (χ2v) is 8.96. The lowest BCUT2D eigenvalue weighted by Crippen LogP contribution is -2.55. The minimum Gasteiger partial charge on any atom is -0.324 e. The van der Waals surface area contributed by atoms with E-state index in [1.54, 1.807) is 0 Å². The van der Waals surface area contributed by atoms with Crippen LogP contribution in [0.15, 0.2) is 64.4 Å². The minimum atomic E-state index is -0.328. The maximum atomic E-state index is 13.4. The minimum absolute atomic E-state index is 0.273. The van der Waals surface area contributed by atoms with Crippen LogP contribution in [0.2, 0.25) is 0 Å². The Balaban J connectivity index is 1.56. The zero-order chi connectivity index (χ0) is 22.0. The van der Waals surface area contributed by atoms with E-state index in [9.17, 15) is 9.59 Å². The number of carbonyl (C=O) groups excluding carboxylic acids is 1. The summed E-state index contributed by atoms with van der Waals surface area (Å²) < 4.78 is 1.82. The van der Waals surface area contributed by atoms with Crippen LogP contribution in [0.1, 0.15) is 12.5 Å². The van der Waals surface area contributed by atoms with Gasteiger partial charge in [0, 0.05) is 23.5 Å². The van der Waals surface area contributed by atoms with Gasteiger partial charge in [0.05, 0.1) is 5.57 Å². The lowest BCUT2D eigenvalue weighted by atomic mass is 10.1. The highest BCUT2D eigenvalue weighted by Crippen LogP contribution is 2.31. The molecule has 4 heterocycles. The van der Waals surface area contributed by atoms with Crippen molar-refractivity contribution in [2.24, 2.45) is 4.99 Å². The zero-order valence-electron chi connectivity index (χ0n) is 17.0. The van der Waals surface area contributed by atoms with Crippen molar-refractivity contribution in [3.8, 4) is 0 Å². The third-order valence-corrected chi connectivity index (χ3v) is 7.38. The largest absolute Gasteiger partial charge is 0.324 e. The van der Waals surface area contributed by atoms with E-state index in [1.165, 1.54) is 16.0 Å². The molecule has 2 unspecified atom stereocenters. The van der Waals surface area contributed by atoms with Gasteiger partial charge in [0.15, 0.2) is 17.4 Å². The molecule has 6 rings (SSSR count). The molecule has 32 heavy (non-hydrogen) atoms. The zero-order valence-corrected chi connectivity index (χ0v) is 18.6. The number of carbonyl (C=O) groups is 1. The molecule has 10 heteroatoms. The Bertz CT molecular complexity index is 1460. The average Bonchev–Trinajstić information content (AvgIpc) is 3.40. The summed E-state index contributed by atoms with van der Waals surface area (Å²) in [5, 5.41) is 3.50. The number of amides is 1. The molecule has 0 aliphatic carbocycles. The first-order chi connectivity index (χ1) is 15.6. The van der Waals surface area contributed by atoms with E-state index in [4.69, 9.17) is 17.2 Å². The maximum absolute atomic E-state index is 13.4. The van der Waals surface area contributed by atoms with E-state index in [0.29, 0.717) is 32.3 Å². The number of anilines is 2. The summed E-state index contributed by atoms with van der Waals surface area (Å²) in [4.78, 5) is 35.5. The van der Waals surface area contributed by atoms with Crippen molar-refractivity contribution in [1.82, 2.24) is 9.58 Å². The molecule has 2 aromatic carbocycles. The van der Waals surface area contributed by atoms with Crippen LogP contribution in [0.25, 0.3) is 5.57 Å². The van der Waals surface area contributed by atoms with Crippen molar-refractivity contribution < 1.29 is 4.79 Å². The molecule has 2 atom stereocenters. The number of aromatic nitrogens is 1. The number of nitrogens with one attached hydrogen (secondary N) is 2. The highest BCUT2D eigenvalue weighted by molar-refractivity contribution is 7.80. The standard InChI is InChI=1S/C22H18N6O2S2/c1-2-26-18-17(27(22(26)31)12-8-4-3-5-9-12)24-21-28(25-18)20(30)16(32-21)15-13-10-6-7-11-14(13)23-19(15)29/h3-11,17-18,25H,2H2,1H3,(H,23,29)/b16-15-. The van der Waals surface area contributed by atoms with Crippen LogP contribution in [0.4, 0.5) is 11.4 Å². The molecule has 3 aliphatic rings. The number of fused-ring (bicyclic) bond motifs is 3. The monoisotopic (exact) mass is 462 g/mol. The smallest absolute Gasteiger partial charge is 0.289 e. The number of rotatable bonds is 2. The Morgan fingerprint density at radius 1 is 1.09 bits per heavy atom. The number of hydrogen-bond acceptors (Lipinski definition) is 6. The van der Waals surface area contributed by atoms with Crippen LogP contribution in [-0.4, -0.2) is 39.5 Å². The van der Waals surface area contributed by atoms with Gasteiger partial charge in [0.1, 0.15) is 4.53 Å². The molecule has 3 aromatic rings. The third-order valence-electron chi connectivity index (χ3n) is 5.89. The number of hydrogen-bond donors (Lipinski definition) is 2. The second-order valence-electron chi connectivity index (χ2n) is 7.62. The summed E-state index contributed by atoms with van der Waals surface area (Å²) in [6, 6.07) is 17.3. The van der Waals surface area contributed by atoms with Gasteiger partial charge < -0.3 is 10.2 Å². The summed E-state index contributed by atoms with van der Waals surface area (Å²) in [5.74, 6) is -0.273. The molecule has 8 nitrogen and oxygen atoms in total. The number of para-hydroxylation sites is 2. The Labute approximate surface area is 192 Å². The van der Waals surface area contributed by atoms with Crippen LogP contribution >= 0.6 is 23.6 Å². The maximum Gasteiger partial charge on any atom is 0.289 e. The fraction of sp³-hybridized carbons (Fsp3) is 0.182. The highest BCUT2D eigenvalue weighted by atomic mass is 32.1. The van der Waals surface area contributed by atoms with E-state index >= 15 is 0 Å². The van der Waals surface area contributed by atoms with Gasteiger partial charge >= 0.3 is 0 Å². The predicted molar refractivity (Wildman–Crippen MR) is 128 cm³/mol. The van der Waals surface area contributed by atoms with Crippen molar-refractivity contribution in [2.45, 2.75) is 19.3 Å². The molecule has 1 amide bonds. The van der Waals surface area contributed by atoms with E-state index in [2.05, 4.69) is 10.7 Å². The molecule has 0 bridgehead atoms. The van der Waals surface area contributed by atoms with Crippen LogP contribution < -0.4 is 30.5 Å². The van der Waals surface area contributed by atoms with Crippen LogP contribution in [0, 0.1) is 0 Å². The normalized spacial score (nSPS) is 22.7. The molecule has 1 aromatic heterocycles. The lowest BCUT2D eigenvalue weighted by Gasteiger charge is -2.29. The first-order valence-corrected chi connectivity index (χ1v) is 11.5. The van der Waals surface area contributed by atoms with Crippen molar-refractivity contribution in [3.05, 3.63) is 79.8 Å². The molecular weight excluding hydrogens is 444 g/mol. The van der Waals surface area contributed by atoms with Crippen molar-refractivity contribution >= 4 is 51.5 Å². The quantitative estimate of drug-likeness (QED) is 0.554. The molecule has 0 radical (unpaired) electrons.